The summed E-state index contributed by atoms with van der Waals surface area (Å²) in [6.45, 7) is -0.221. The minimum atomic E-state index is -0.961. The van der Waals surface area contributed by atoms with Gasteiger partial charge in [-0.2, -0.15) is 10.2 Å². The summed E-state index contributed by atoms with van der Waals surface area (Å²) in [4.78, 5) is 40.8. The fraction of sp³-hybridized carbons (Fsp3) is 0.185. The first-order valence-electron chi connectivity index (χ1n) is 11.7. The van der Waals surface area contributed by atoms with Crippen LogP contribution in [0.3, 0.4) is 0 Å². The average Bonchev–Trinajstić information content (AvgIpc) is 3.61. The fourth-order valence-corrected chi connectivity index (χ4v) is 4.88. The molecule has 3 heterocycles. The van der Waals surface area contributed by atoms with Gasteiger partial charge in [0.15, 0.2) is 12.1 Å². The topological polar surface area (TPSA) is 98.0 Å². The Labute approximate surface area is 207 Å². The summed E-state index contributed by atoms with van der Waals surface area (Å²) in [5, 5.41) is 15.5. The average molecular weight is 479 g/mol. The molecule has 3 aliphatic heterocycles. The van der Waals surface area contributed by atoms with Crippen LogP contribution in [-0.4, -0.2) is 52.1 Å². The Bertz CT molecular complexity index is 1380. The lowest BCUT2D eigenvalue weighted by atomic mass is 9.98. The maximum absolute atomic E-state index is 13.6. The predicted octanol–water partition coefficient (Wildman–Crippen LogP) is 3.36. The molecule has 1 saturated heterocycles. The molecule has 0 aliphatic carbocycles. The van der Waals surface area contributed by atoms with Crippen LogP contribution in [0.1, 0.15) is 23.6 Å². The number of amides is 3. The smallest absolute Gasteiger partial charge is 0.264 e. The number of hydrogen-bond donors (Lipinski definition) is 0. The number of carbonyl (C=O) groups is 3. The standard InChI is InChI=1S/C27H22N6O3/c34-23(17-31-25-24(28-30-31)26(35)32(27(25)36)20-14-8-3-9-15-20)33-22(19-12-6-2-7-13-19)16-21(29-33)18-10-4-1-5-11-18/h1-15,22,24-25H,16-17H2/t22-,24-,25-/m0/s1. The van der Waals surface area contributed by atoms with E-state index in [1.165, 1.54) is 10.0 Å². The first-order valence-corrected chi connectivity index (χ1v) is 11.7. The monoisotopic (exact) mass is 478 g/mol. The van der Waals surface area contributed by atoms with Crippen molar-refractivity contribution < 1.29 is 14.4 Å². The molecule has 6 rings (SSSR count). The van der Waals surface area contributed by atoms with Crippen LogP contribution in [0.15, 0.2) is 106 Å². The minimum absolute atomic E-state index is 0.221. The van der Waals surface area contributed by atoms with Gasteiger partial charge in [-0.3, -0.25) is 19.4 Å². The highest BCUT2D eigenvalue weighted by molar-refractivity contribution is 6.25. The SMILES string of the molecule is O=C1[C@H]2N=NN(CC(=O)N3N=C(c4ccccc4)C[C@H]3c3ccccc3)[C@@H]2C(=O)N1c1ccccc1. The largest absolute Gasteiger partial charge is 0.271 e. The molecule has 9 heteroatoms. The van der Waals surface area contributed by atoms with Crippen molar-refractivity contribution in [2.45, 2.75) is 24.5 Å². The summed E-state index contributed by atoms with van der Waals surface area (Å²) in [5.74, 6) is -1.21. The summed E-state index contributed by atoms with van der Waals surface area (Å²) in [5.41, 5.74) is 3.19. The first kappa shape index (κ1) is 21.8. The molecule has 3 aliphatic rings. The number of benzene rings is 3. The van der Waals surface area contributed by atoms with Gasteiger partial charge in [0, 0.05) is 6.42 Å². The number of hydrogen-bond acceptors (Lipinski definition) is 7. The van der Waals surface area contributed by atoms with E-state index in [2.05, 4.69) is 15.4 Å². The Morgan fingerprint density at radius 2 is 1.47 bits per heavy atom. The van der Waals surface area contributed by atoms with Crippen LogP contribution in [0.4, 0.5) is 5.69 Å². The van der Waals surface area contributed by atoms with Crippen LogP contribution in [0, 0.1) is 0 Å². The third-order valence-corrected chi connectivity index (χ3v) is 6.63. The summed E-state index contributed by atoms with van der Waals surface area (Å²) in [6.07, 6.45) is 0.562. The molecular formula is C27H22N6O3. The van der Waals surface area contributed by atoms with Gasteiger partial charge in [0.2, 0.25) is 0 Å². The van der Waals surface area contributed by atoms with E-state index >= 15 is 0 Å². The van der Waals surface area contributed by atoms with Gasteiger partial charge < -0.3 is 0 Å². The van der Waals surface area contributed by atoms with Crippen LogP contribution in [0.25, 0.3) is 0 Å². The zero-order valence-electron chi connectivity index (χ0n) is 19.2. The number of rotatable bonds is 5. The van der Waals surface area contributed by atoms with Crippen molar-refractivity contribution in [2.24, 2.45) is 15.4 Å². The van der Waals surface area contributed by atoms with Crippen LogP contribution in [-0.2, 0) is 14.4 Å². The number of para-hydroxylation sites is 1. The number of hydrazone groups is 1. The van der Waals surface area contributed by atoms with E-state index in [1.807, 2.05) is 66.7 Å². The quantitative estimate of drug-likeness (QED) is 0.525. The predicted molar refractivity (Wildman–Crippen MR) is 132 cm³/mol. The lowest BCUT2D eigenvalue weighted by Crippen LogP contribution is -2.44. The molecule has 0 radical (unpaired) electrons. The Morgan fingerprint density at radius 3 is 2.17 bits per heavy atom. The third kappa shape index (κ3) is 3.65. The van der Waals surface area contributed by atoms with E-state index < -0.39 is 23.9 Å². The van der Waals surface area contributed by atoms with Crippen LogP contribution in [0.2, 0.25) is 0 Å². The lowest BCUT2D eigenvalue weighted by Gasteiger charge is -2.25. The zero-order valence-corrected chi connectivity index (χ0v) is 19.2. The molecule has 178 valence electrons. The summed E-state index contributed by atoms with van der Waals surface area (Å²) in [7, 11) is 0. The van der Waals surface area contributed by atoms with Crippen LogP contribution in [0.5, 0.6) is 0 Å². The fourth-order valence-electron chi connectivity index (χ4n) is 4.88. The molecule has 0 N–H and O–H groups in total. The number of nitrogens with zero attached hydrogens (tertiary/aromatic N) is 6. The van der Waals surface area contributed by atoms with Gasteiger partial charge in [0.1, 0.15) is 6.54 Å². The van der Waals surface area contributed by atoms with Crippen molar-refractivity contribution in [1.82, 2.24) is 10.0 Å². The maximum atomic E-state index is 13.6. The van der Waals surface area contributed by atoms with E-state index in [9.17, 15) is 14.4 Å². The molecule has 0 bridgehead atoms. The van der Waals surface area contributed by atoms with Gasteiger partial charge in [0.05, 0.1) is 17.4 Å². The molecule has 1 fully saturated rings. The third-order valence-electron chi connectivity index (χ3n) is 6.63. The maximum Gasteiger partial charge on any atom is 0.264 e. The molecule has 3 aromatic carbocycles. The molecular weight excluding hydrogens is 456 g/mol. The number of imide groups is 1. The van der Waals surface area contributed by atoms with E-state index in [1.54, 1.807) is 24.3 Å². The molecule has 9 nitrogen and oxygen atoms in total. The van der Waals surface area contributed by atoms with Crippen molar-refractivity contribution in [1.29, 1.82) is 0 Å². The van der Waals surface area contributed by atoms with Gasteiger partial charge in [-0.15, -0.1) is 0 Å². The second kappa shape index (κ2) is 8.84. The first-order chi connectivity index (χ1) is 17.6. The van der Waals surface area contributed by atoms with Crippen molar-refractivity contribution in [3.05, 3.63) is 102 Å². The summed E-state index contributed by atoms with van der Waals surface area (Å²) in [6, 6.07) is 26.0. The minimum Gasteiger partial charge on any atom is -0.271 e. The van der Waals surface area contributed by atoms with E-state index in [-0.39, 0.29) is 18.5 Å². The Morgan fingerprint density at radius 1 is 0.833 bits per heavy atom. The molecule has 3 amide bonds. The number of anilines is 1. The van der Waals surface area contributed by atoms with Gasteiger partial charge in [-0.05, 0) is 23.3 Å². The Kier molecular flexibility index (Phi) is 5.37. The molecule has 3 aromatic rings. The molecule has 0 unspecified atom stereocenters. The van der Waals surface area contributed by atoms with E-state index in [0.717, 1.165) is 21.7 Å². The second-order valence-electron chi connectivity index (χ2n) is 8.82. The highest BCUT2D eigenvalue weighted by atomic mass is 16.2. The van der Waals surface area contributed by atoms with Crippen molar-refractivity contribution in [3.8, 4) is 0 Å². The molecule has 36 heavy (non-hydrogen) atoms. The van der Waals surface area contributed by atoms with Crippen LogP contribution < -0.4 is 4.90 Å². The van der Waals surface area contributed by atoms with Gasteiger partial charge in [-0.1, -0.05) is 84.1 Å². The number of fused-ring (bicyclic) bond motifs is 1. The van der Waals surface area contributed by atoms with Crippen molar-refractivity contribution in [2.75, 3.05) is 11.4 Å². The summed E-state index contributed by atoms with van der Waals surface area (Å²) < 4.78 is 0. The lowest BCUT2D eigenvalue weighted by molar-refractivity contribution is -0.135. The van der Waals surface area contributed by atoms with Crippen molar-refractivity contribution >= 4 is 29.1 Å². The Hall–Kier alpha value is -4.66. The normalized spacial score (nSPS) is 22.8. The highest BCUT2D eigenvalue weighted by Gasteiger charge is 2.55. The van der Waals surface area contributed by atoms with E-state index in [0.29, 0.717) is 12.1 Å². The second-order valence-corrected chi connectivity index (χ2v) is 8.82. The van der Waals surface area contributed by atoms with Crippen LogP contribution >= 0.6 is 0 Å². The van der Waals surface area contributed by atoms with Gasteiger partial charge >= 0.3 is 0 Å². The molecule has 0 spiro atoms. The summed E-state index contributed by atoms with van der Waals surface area (Å²) >= 11 is 0. The van der Waals surface area contributed by atoms with Gasteiger partial charge in [-0.25, -0.2) is 9.91 Å². The zero-order chi connectivity index (χ0) is 24.6. The molecule has 0 saturated carbocycles. The molecule has 0 aromatic heterocycles. The highest BCUT2D eigenvalue weighted by Crippen LogP contribution is 2.35. The van der Waals surface area contributed by atoms with E-state index in [4.69, 9.17) is 0 Å². The number of carbonyl (C=O) groups excluding carboxylic acids is 3. The van der Waals surface area contributed by atoms with Crippen molar-refractivity contribution in [3.63, 3.8) is 0 Å². The Balaban J connectivity index is 1.26. The van der Waals surface area contributed by atoms with Gasteiger partial charge in [0.25, 0.3) is 17.7 Å². The molecule has 3 atom stereocenters.